The first-order valence-electron chi connectivity index (χ1n) is 6.99. The van der Waals surface area contributed by atoms with E-state index in [1.165, 1.54) is 12.0 Å². The average molecular weight is 299 g/mol. The first-order valence-corrected chi connectivity index (χ1v) is 6.99. The van der Waals surface area contributed by atoms with E-state index >= 15 is 0 Å². The molecule has 8 nitrogen and oxygen atoms in total. The van der Waals surface area contributed by atoms with Crippen LogP contribution in [0, 0.1) is 0 Å². The molecule has 8 heteroatoms. The summed E-state index contributed by atoms with van der Waals surface area (Å²) < 4.78 is 5.16. The molecule has 0 radical (unpaired) electrons. The highest BCUT2D eigenvalue weighted by Crippen LogP contribution is 2.21. The minimum atomic E-state index is -1.03. The molecule has 3 unspecified atom stereocenters. The third-order valence-electron chi connectivity index (χ3n) is 4.10. The van der Waals surface area contributed by atoms with Crippen molar-refractivity contribution < 1.29 is 24.2 Å². The zero-order valence-corrected chi connectivity index (χ0v) is 12.2. The van der Waals surface area contributed by atoms with Crippen LogP contribution in [0.2, 0.25) is 0 Å². The number of piperidine rings is 1. The Balaban J connectivity index is 1.95. The molecule has 2 N–H and O–H groups in total. The lowest BCUT2D eigenvalue weighted by Gasteiger charge is -2.32. The van der Waals surface area contributed by atoms with Gasteiger partial charge in [0.05, 0.1) is 6.10 Å². The third-order valence-corrected chi connectivity index (χ3v) is 4.10. The first kappa shape index (κ1) is 15.6. The fraction of sp³-hybridized carbons (Fsp3) is 0.769. The SMILES string of the molecule is COC1CC(C(=O)O)N(C(=O)NC2CCC(=O)N(C)C2)C1. The smallest absolute Gasteiger partial charge is 0.326 e. The molecule has 2 fully saturated rings. The summed E-state index contributed by atoms with van der Waals surface area (Å²) in [6, 6.07) is -1.41. The van der Waals surface area contributed by atoms with Crippen LogP contribution >= 0.6 is 0 Å². The number of likely N-dealkylation sites (N-methyl/N-ethyl adjacent to an activating group) is 1. The standard InChI is InChI=1S/C13H21N3O5/c1-15-6-8(3-4-11(15)17)14-13(20)16-7-9(21-2)5-10(16)12(18)19/h8-10H,3-7H2,1-2H3,(H,14,20)(H,18,19). The van der Waals surface area contributed by atoms with E-state index in [0.29, 0.717) is 25.8 Å². The van der Waals surface area contributed by atoms with E-state index in [1.807, 2.05) is 0 Å². The highest BCUT2D eigenvalue weighted by atomic mass is 16.5. The second-order valence-electron chi connectivity index (χ2n) is 5.56. The number of amides is 3. The molecule has 2 aliphatic heterocycles. The molecule has 3 amide bonds. The van der Waals surface area contributed by atoms with E-state index in [-0.39, 0.29) is 24.6 Å². The number of likely N-dealkylation sites (tertiary alicyclic amines) is 2. The molecule has 21 heavy (non-hydrogen) atoms. The summed E-state index contributed by atoms with van der Waals surface area (Å²) in [6.07, 6.45) is 1.01. The molecular weight excluding hydrogens is 278 g/mol. The van der Waals surface area contributed by atoms with Gasteiger partial charge in [-0.3, -0.25) is 4.79 Å². The predicted octanol–water partition coefficient (Wildman–Crippen LogP) is -0.509. The third kappa shape index (κ3) is 3.44. The van der Waals surface area contributed by atoms with Crippen molar-refractivity contribution in [1.82, 2.24) is 15.1 Å². The molecule has 2 heterocycles. The van der Waals surface area contributed by atoms with Crippen LogP contribution in [0.5, 0.6) is 0 Å². The number of nitrogens with zero attached hydrogens (tertiary/aromatic N) is 2. The maximum absolute atomic E-state index is 12.3. The van der Waals surface area contributed by atoms with E-state index in [4.69, 9.17) is 4.74 Å². The van der Waals surface area contributed by atoms with Gasteiger partial charge in [-0.25, -0.2) is 9.59 Å². The Hall–Kier alpha value is -1.83. The number of carbonyl (C=O) groups is 3. The lowest BCUT2D eigenvalue weighted by molar-refractivity contribution is -0.141. The van der Waals surface area contributed by atoms with Crippen LogP contribution in [0.15, 0.2) is 0 Å². The highest BCUT2D eigenvalue weighted by molar-refractivity contribution is 5.84. The molecule has 0 spiro atoms. The minimum Gasteiger partial charge on any atom is -0.480 e. The van der Waals surface area contributed by atoms with Gasteiger partial charge in [-0.2, -0.15) is 0 Å². The van der Waals surface area contributed by atoms with Crippen molar-refractivity contribution >= 4 is 17.9 Å². The Bertz CT molecular complexity index is 442. The normalized spacial score (nSPS) is 29.6. The maximum atomic E-state index is 12.3. The van der Waals surface area contributed by atoms with Gasteiger partial charge in [0.2, 0.25) is 5.91 Å². The predicted molar refractivity (Wildman–Crippen MR) is 72.7 cm³/mol. The Morgan fingerprint density at radius 1 is 1.38 bits per heavy atom. The molecule has 0 aromatic rings. The summed E-state index contributed by atoms with van der Waals surface area (Å²) in [5.41, 5.74) is 0. The number of carboxylic acids is 1. The zero-order valence-electron chi connectivity index (χ0n) is 12.2. The first-order chi connectivity index (χ1) is 9.92. The lowest BCUT2D eigenvalue weighted by atomic mass is 10.1. The van der Waals surface area contributed by atoms with Crippen molar-refractivity contribution in [2.45, 2.75) is 37.5 Å². The van der Waals surface area contributed by atoms with Crippen molar-refractivity contribution in [2.24, 2.45) is 0 Å². The fourth-order valence-electron chi connectivity index (χ4n) is 2.81. The molecule has 0 saturated carbocycles. The molecule has 0 aromatic heterocycles. The Labute approximate surface area is 123 Å². The van der Waals surface area contributed by atoms with E-state index in [1.54, 1.807) is 11.9 Å². The number of aliphatic carboxylic acids is 1. The van der Waals surface area contributed by atoms with E-state index in [2.05, 4.69) is 5.32 Å². The van der Waals surface area contributed by atoms with Gasteiger partial charge in [0.25, 0.3) is 0 Å². The van der Waals surface area contributed by atoms with Crippen molar-refractivity contribution in [2.75, 3.05) is 27.2 Å². The number of hydrogen-bond donors (Lipinski definition) is 2. The quantitative estimate of drug-likeness (QED) is 0.731. The molecule has 2 aliphatic rings. The molecule has 2 rings (SSSR count). The van der Waals surface area contributed by atoms with Crippen LogP contribution in [0.3, 0.4) is 0 Å². The van der Waals surface area contributed by atoms with Crippen molar-refractivity contribution in [3.05, 3.63) is 0 Å². The Morgan fingerprint density at radius 2 is 2.10 bits per heavy atom. The number of carbonyl (C=O) groups excluding carboxylic acids is 2. The number of methoxy groups -OCH3 is 1. The number of rotatable bonds is 3. The second-order valence-corrected chi connectivity index (χ2v) is 5.56. The summed E-state index contributed by atoms with van der Waals surface area (Å²) in [7, 11) is 3.20. The van der Waals surface area contributed by atoms with Crippen LogP contribution in [0.25, 0.3) is 0 Å². The van der Waals surface area contributed by atoms with E-state index in [9.17, 15) is 19.5 Å². The van der Waals surface area contributed by atoms with Gasteiger partial charge >= 0.3 is 12.0 Å². The molecule has 118 valence electrons. The van der Waals surface area contributed by atoms with Crippen LogP contribution in [-0.4, -0.2) is 78.2 Å². The summed E-state index contributed by atoms with van der Waals surface area (Å²) in [6.45, 7) is 0.713. The monoisotopic (exact) mass is 299 g/mol. The van der Waals surface area contributed by atoms with Crippen molar-refractivity contribution in [1.29, 1.82) is 0 Å². The van der Waals surface area contributed by atoms with Crippen molar-refractivity contribution in [3.63, 3.8) is 0 Å². The van der Waals surface area contributed by atoms with Crippen LogP contribution in [0.4, 0.5) is 4.79 Å². The van der Waals surface area contributed by atoms with E-state index < -0.39 is 18.0 Å². The number of nitrogens with one attached hydrogen (secondary N) is 1. The maximum Gasteiger partial charge on any atom is 0.326 e. The van der Waals surface area contributed by atoms with Crippen molar-refractivity contribution in [3.8, 4) is 0 Å². The number of hydrogen-bond acceptors (Lipinski definition) is 4. The average Bonchev–Trinajstić information content (AvgIpc) is 2.87. The van der Waals surface area contributed by atoms with Gasteiger partial charge in [0.1, 0.15) is 6.04 Å². The summed E-state index contributed by atoms with van der Waals surface area (Å²) in [4.78, 5) is 37.8. The van der Waals surface area contributed by atoms with Gasteiger partial charge in [-0.1, -0.05) is 0 Å². The molecular formula is C13H21N3O5. The van der Waals surface area contributed by atoms with Crippen LogP contribution in [-0.2, 0) is 14.3 Å². The Morgan fingerprint density at radius 3 is 2.67 bits per heavy atom. The second kappa shape index (κ2) is 6.30. The Kier molecular flexibility index (Phi) is 4.66. The van der Waals surface area contributed by atoms with Gasteiger partial charge in [-0.05, 0) is 6.42 Å². The van der Waals surface area contributed by atoms with Crippen LogP contribution < -0.4 is 5.32 Å². The molecule has 0 bridgehead atoms. The van der Waals surface area contributed by atoms with Gasteiger partial charge in [-0.15, -0.1) is 0 Å². The molecule has 0 aromatic carbocycles. The van der Waals surface area contributed by atoms with Gasteiger partial charge in [0, 0.05) is 46.1 Å². The summed E-state index contributed by atoms with van der Waals surface area (Å²) in [5, 5.41) is 12.0. The minimum absolute atomic E-state index is 0.0598. The molecule has 2 saturated heterocycles. The highest BCUT2D eigenvalue weighted by Gasteiger charge is 2.40. The zero-order chi connectivity index (χ0) is 15.6. The number of carboxylic acid groups (broad SMARTS) is 1. The molecule has 0 aliphatic carbocycles. The summed E-state index contributed by atoms with van der Waals surface area (Å²) >= 11 is 0. The largest absolute Gasteiger partial charge is 0.480 e. The summed E-state index contributed by atoms with van der Waals surface area (Å²) in [5.74, 6) is -0.967. The van der Waals surface area contributed by atoms with E-state index in [0.717, 1.165) is 0 Å². The van der Waals surface area contributed by atoms with Crippen LogP contribution in [0.1, 0.15) is 19.3 Å². The molecule has 3 atom stereocenters. The van der Waals surface area contributed by atoms with Gasteiger partial charge in [0.15, 0.2) is 0 Å². The topological polar surface area (TPSA) is 99.2 Å². The number of ether oxygens (including phenoxy) is 1. The fourth-order valence-corrected chi connectivity index (χ4v) is 2.81. The number of urea groups is 1. The lowest BCUT2D eigenvalue weighted by Crippen LogP contribution is -2.54. The van der Waals surface area contributed by atoms with Gasteiger partial charge < -0.3 is 25.0 Å².